The molecule has 0 fully saturated rings. The average molecular weight is 448 g/mol. The monoisotopic (exact) mass is 448 g/mol. The molecule has 0 amide bonds. The molecule has 4 aromatic rings. The third-order valence-electron chi connectivity index (χ3n) is 5.07. The van der Waals surface area contributed by atoms with Crippen molar-refractivity contribution in [1.82, 2.24) is 34.1 Å². The Morgan fingerprint density at radius 1 is 1.03 bits per heavy atom. The number of H-pyrrole nitrogens is 1. The molecule has 0 bridgehead atoms. The van der Waals surface area contributed by atoms with Crippen LogP contribution in [-0.4, -0.2) is 46.4 Å². The van der Waals surface area contributed by atoms with Gasteiger partial charge in [0.1, 0.15) is 22.9 Å². The molecular formula is C22H24N8O3. The first-order valence-corrected chi connectivity index (χ1v) is 10.8. The van der Waals surface area contributed by atoms with Crippen molar-refractivity contribution in [3.05, 3.63) is 63.5 Å². The second-order valence-corrected chi connectivity index (χ2v) is 7.47. The summed E-state index contributed by atoms with van der Waals surface area (Å²) in [7, 11) is 0. The topological polar surface area (TPSA) is 140 Å². The molecule has 0 aliphatic carbocycles. The highest BCUT2D eigenvalue weighted by Gasteiger charge is 2.17. The molecule has 0 aromatic carbocycles. The average Bonchev–Trinajstić information content (AvgIpc) is 3.29. The van der Waals surface area contributed by atoms with Crippen LogP contribution >= 0.6 is 0 Å². The number of nitrogens with zero attached hydrogens (tertiary/aromatic N) is 6. The Kier molecular flexibility index (Phi) is 6.38. The number of nitrogens with one attached hydrogen (secondary N) is 2. The Balaban J connectivity index is 1.61. The molecule has 4 rings (SSSR count). The van der Waals surface area contributed by atoms with Gasteiger partial charge in [0.15, 0.2) is 5.65 Å². The van der Waals surface area contributed by atoms with Crippen LogP contribution in [0.4, 0.5) is 5.82 Å². The van der Waals surface area contributed by atoms with E-state index in [1.54, 1.807) is 18.3 Å². The number of fused-ring (bicyclic) bond motifs is 1. The van der Waals surface area contributed by atoms with E-state index in [2.05, 4.69) is 30.2 Å². The molecule has 0 saturated heterocycles. The van der Waals surface area contributed by atoms with Gasteiger partial charge in [-0.25, -0.2) is 19.7 Å². The van der Waals surface area contributed by atoms with E-state index in [9.17, 15) is 14.4 Å². The number of rotatable bonds is 9. The number of imidazole rings is 1. The van der Waals surface area contributed by atoms with Crippen molar-refractivity contribution in [2.75, 3.05) is 11.9 Å². The minimum absolute atomic E-state index is 0.0238. The number of aromatic amines is 1. The molecule has 33 heavy (non-hydrogen) atoms. The molecule has 170 valence electrons. The van der Waals surface area contributed by atoms with E-state index in [4.69, 9.17) is 0 Å². The molecule has 0 radical (unpaired) electrons. The molecule has 0 unspecified atom stereocenters. The highest BCUT2D eigenvalue weighted by atomic mass is 16.2. The van der Waals surface area contributed by atoms with Gasteiger partial charge in [-0.1, -0.05) is 13.8 Å². The number of aromatic nitrogens is 7. The summed E-state index contributed by atoms with van der Waals surface area (Å²) >= 11 is 0. The van der Waals surface area contributed by atoms with Gasteiger partial charge < -0.3 is 10.3 Å². The summed E-state index contributed by atoms with van der Waals surface area (Å²) in [4.78, 5) is 57.6. The van der Waals surface area contributed by atoms with Crippen LogP contribution in [0.2, 0.25) is 0 Å². The Bertz CT molecular complexity index is 1390. The molecular weight excluding hydrogens is 424 g/mol. The van der Waals surface area contributed by atoms with Gasteiger partial charge in [0, 0.05) is 37.2 Å². The lowest BCUT2D eigenvalue weighted by Gasteiger charge is -2.09. The maximum absolute atomic E-state index is 12.9. The largest absolute Gasteiger partial charge is 0.363 e. The van der Waals surface area contributed by atoms with E-state index in [1.165, 1.54) is 27.7 Å². The van der Waals surface area contributed by atoms with Gasteiger partial charge >= 0.3 is 5.69 Å². The van der Waals surface area contributed by atoms with Gasteiger partial charge in [-0.3, -0.25) is 23.7 Å². The molecule has 0 aliphatic rings. The Labute approximate surface area is 188 Å². The summed E-state index contributed by atoms with van der Waals surface area (Å²) < 4.78 is 2.78. The van der Waals surface area contributed by atoms with Crippen LogP contribution < -0.4 is 16.6 Å². The van der Waals surface area contributed by atoms with Crippen LogP contribution in [0, 0.1) is 0 Å². The zero-order chi connectivity index (χ0) is 23.4. The van der Waals surface area contributed by atoms with Crippen molar-refractivity contribution < 1.29 is 4.79 Å². The Morgan fingerprint density at radius 2 is 1.82 bits per heavy atom. The molecule has 11 heteroatoms. The standard InChI is InChI=1S/C22H24N8O3/c1-3-9-29-20-18(21(32)30(10-4-2)22(29)33)27-19(28-20)14-5-6-17(25-11-14)26-13-16(31)15-12-23-7-8-24-15/h5-8,11-12H,3-4,9-10,13H2,1-2H3,(H,25,26)(H,27,28). The molecule has 0 saturated carbocycles. The molecule has 4 heterocycles. The summed E-state index contributed by atoms with van der Waals surface area (Å²) in [5.74, 6) is 0.735. The van der Waals surface area contributed by atoms with E-state index < -0.39 is 0 Å². The van der Waals surface area contributed by atoms with Gasteiger partial charge in [-0.15, -0.1) is 0 Å². The highest BCUT2D eigenvalue weighted by Crippen LogP contribution is 2.19. The second-order valence-electron chi connectivity index (χ2n) is 7.47. The number of carbonyl (C=O) groups excluding carboxylic acids is 1. The first-order valence-electron chi connectivity index (χ1n) is 10.8. The summed E-state index contributed by atoms with van der Waals surface area (Å²) in [6, 6.07) is 3.48. The van der Waals surface area contributed by atoms with Crippen LogP contribution in [0.5, 0.6) is 0 Å². The molecule has 0 spiro atoms. The Morgan fingerprint density at radius 3 is 2.48 bits per heavy atom. The summed E-state index contributed by atoms with van der Waals surface area (Å²) in [5, 5.41) is 2.95. The second kappa shape index (κ2) is 9.55. The van der Waals surface area contributed by atoms with Gasteiger partial charge in [-0.05, 0) is 25.0 Å². The quantitative estimate of drug-likeness (QED) is 0.370. The zero-order valence-electron chi connectivity index (χ0n) is 18.4. The number of Topliss-reactive ketones (excluding diaryl/α,β-unsaturated/α-hetero) is 1. The van der Waals surface area contributed by atoms with E-state index in [0.29, 0.717) is 47.9 Å². The van der Waals surface area contributed by atoms with Gasteiger partial charge in [-0.2, -0.15) is 0 Å². The van der Waals surface area contributed by atoms with Crippen LogP contribution in [0.3, 0.4) is 0 Å². The van der Waals surface area contributed by atoms with E-state index in [-0.39, 0.29) is 29.3 Å². The summed E-state index contributed by atoms with van der Waals surface area (Å²) in [6.45, 7) is 4.72. The van der Waals surface area contributed by atoms with Crippen LogP contribution in [0.1, 0.15) is 37.2 Å². The fraction of sp³-hybridized carbons (Fsp3) is 0.318. The van der Waals surface area contributed by atoms with Crippen LogP contribution in [0.25, 0.3) is 22.6 Å². The number of hydrogen-bond donors (Lipinski definition) is 2. The van der Waals surface area contributed by atoms with Crippen molar-refractivity contribution in [3.8, 4) is 11.4 Å². The van der Waals surface area contributed by atoms with Crippen molar-refractivity contribution >= 4 is 22.8 Å². The fourth-order valence-corrected chi connectivity index (χ4v) is 3.49. The zero-order valence-corrected chi connectivity index (χ0v) is 18.4. The molecule has 2 N–H and O–H groups in total. The maximum Gasteiger partial charge on any atom is 0.332 e. The predicted molar refractivity (Wildman–Crippen MR) is 123 cm³/mol. The van der Waals surface area contributed by atoms with E-state index in [1.807, 2.05) is 13.8 Å². The summed E-state index contributed by atoms with van der Waals surface area (Å²) in [6.07, 6.45) is 7.37. The predicted octanol–water partition coefficient (Wildman–Crippen LogP) is 1.85. The van der Waals surface area contributed by atoms with E-state index >= 15 is 0 Å². The third kappa shape index (κ3) is 4.43. The smallest absolute Gasteiger partial charge is 0.332 e. The first kappa shape index (κ1) is 22.1. The SMILES string of the molecule is CCCn1c(=O)c2[nH]c(-c3ccc(NCC(=O)c4cnccn4)nc3)nc2n(CCC)c1=O. The Hall–Kier alpha value is -4.15. The van der Waals surface area contributed by atoms with Crippen molar-refractivity contribution in [2.45, 2.75) is 39.8 Å². The lowest BCUT2D eigenvalue weighted by atomic mass is 10.2. The minimum atomic E-state index is -0.378. The molecule has 0 atom stereocenters. The van der Waals surface area contributed by atoms with Gasteiger partial charge in [0.05, 0.1) is 12.7 Å². The normalized spacial score (nSPS) is 11.1. The van der Waals surface area contributed by atoms with Gasteiger partial charge in [0.2, 0.25) is 5.78 Å². The lowest BCUT2D eigenvalue weighted by Crippen LogP contribution is -2.40. The molecule has 4 aromatic heterocycles. The fourth-order valence-electron chi connectivity index (χ4n) is 3.49. The summed E-state index contributed by atoms with van der Waals surface area (Å²) in [5.41, 5.74) is 0.829. The van der Waals surface area contributed by atoms with Crippen molar-refractivity contribution in [2.24, 2.45) is 0 Å². The number of aryl methyl sites for hydroxylation is 1. The molecule has 0 aliphatic heterocycles. The number of ketones is 1. The maximum atomic E-state index is 12.9. The first-order chi connectivity index (χ1) is 16.0. The lowest BCUT2D eigenvalue weighted by molar-refractivity contribution is 0.100. The highest BCUT2D eigenvalue weighted by molar-refractivity contribution is 5.96. The van der Waals surface area contributed by atoms with Crippen LogP contribution in [0.15, 0.2) is 46.5 Å². The molecule has 11 nitrogen and oxygen atoms in total. The number of anilines is 1. The number of pyridine rings is 1. The number of carbonyl (C=O) groups is 1. The van der Waals surface area contributed by atoms with Crippen LogP contribution in [-0.2, 0) is 13.1 Å². The van der Waals surface area contributed by atoms with Crippen molar-refractivity contribution in [1.29, 1.82) is 0 Å². The van der Waals surface area contributed by atoms with Crippen molar-refractivity contribution in [3.63, 3.8) is 0 Å². The minimum Gasteiger partial charge on any atom is -0.363 e. The third-order valence-corrected chi connectivity index (χ3v) is 5.07. The van der Waals surface area contributed by atoms with Gasteiger partial charge in [0.25, 0.3) is 5.56 Å². The van der Waals surface area contributed by atoms with E-state index in [0.717, 1.165) is 6.42 Å². The number of hydrogen-bond acceptors (Lipinski definition) is 8.